The summed E-state index contributed by atoms with van der Waals surface area (Å²) in [5, 5.41) is 4.87. The van der Waals surface area contributed by atoms with E-state index in [1.807, 2.05) is 6.92 Å². The zero-order valence-corrected chi connectivity index (χ0v) is 9.81. The van der Waals surface area contributed by atoms with E-state index in [9.17, 15) is 4.79 Å². The minimum atomic E-state index is -0.227. The normalized spacial score (nSPS) is 18.6. The second kappa shape index (κ2) is 6.69. The number of carbonyl (C=O) groups is 1. The van der Waals surface area contributed by atoms with Crippen LogP contribution in [0.25, 0.3) is 0 Å². The van der Waals surface area contributed by atoms with Gasteiger partial charge in [0.25, 0.3) is 0 Å². The molecule has 0 aliphatic carbocycles. The Kier molecular flexibility index (Phi) is 5.50. The second-order valence-corrected chi connectivity index (χ2v) is 4.30. The molecule has 1 heterocycles. The number of rotatable bonds is 4. The molecule has 3 nitrogen and oxygen atoms in total. The van der Waals surface area contributed by atoms with Gasteiger partial charge in [0, 0.05) is 0 Å². The monoisotopic (exact) mass is 227 g/mol. The molecule has 1 N–H and O–H groups in total. The van der Waals surface area contributed by atoms with Crippen molar-refractivity contribution in [2.45, 2.75) is 25.9 Å². The van der Waals surface area contributed by atoms with Crippen LogP contribution in [0.3, 0.4) is 0 Å². The molecule has 0 amide bonds. The first-order valence-corrected chi connectivity index (χ1v) is 6.01. The summed E-state index contributed by atoms with van der Waals surface area (Å²) < 4.78 is 5.38. The van der Waals surface area contributed by atoms with Gasteiger partial charge in [-0.15, -0.1) is 0 Å². The van der Waals surface area contributed by atoms with E-state index in [-0.39, 0.29) is 12.1 Å². The first-order valence-electron chi connectivity index (χ1n) is 5.13. The van der Waals surface area contributed by atoms with Gasteiger partial charge in [-0.2, -0.15) is 0 Å². The van der Waals surface area contributed by atoms with Crippen molar-refractivity contribution in [1.29, 1.82) is 0 Å². The third-order valence-electron chi connectivity index (χ3n) is 2.23. The van der Waals surface area contributed by atoms with Crippen molar-refractivity contribution in [2.75, 3.05) is 13.1 Å². The highest BCUT2D eigenvalue weighted by atomic mass is 32.2. The van der Waals surface area contributed by atoms with Gasteiger partial charge in [-0.3, -0.25) is 0 Å². The van der Waals surface area contributed by atoms with Gasteiger partial charge in [0.1, 0.15) is 6.10 Å². The fourth-order valence-electron chi connectivity index (χ4n) is 1.45. The Bertz CT molecular complexity index is 257. The maximum atomic E-state index is 11.7. The highest BCUT2D eigenvalue weighted by molar-refractivity contribution is 8.06. The molecule has 84 valence electrons. The highest BCUT2D eigenvalue weighted by Gasteiger charge is 2.19. The Hall–Kier alpha value is -0.740. The van der Waals surface area contributed by atoms with E-state index in [0.29, 0.717) is 4.91 Å². The third-order valence-corrected chi connectivity index (χ3v) is 3.06. The fraction of sp³-hybridized carbons (Fsp3) is 0.545. The molecule has 0 aromatic carbocycles. The summed E-state index contributed by atoms with van der Waals surface area (Å²) >= 11 is 1.31. The molecular formula is C11H17NO2S. The number of esters is 1. The molecular weight excluding hydrogens is 210 g/mol. The predicted octanol–water partition coefficient (Wildman–Crippen LogP) is 2.06. The quantitative estimate of drug-likeness (QED) is 0.589. The third kappa shape index (κ3) is 4.10. The first kappa shape index (κ1) is 12.3. The van der Waals surface area contributed by atoms with Gasteiger partial charge in [-0.25, -0.2) is 4.79 Å². The predicted molar refractivity (Wildman–Crippen MR) is 63.5 cm³/mol. The summed E-state index contributed by atoms with van der Waals surface area (Å²) in [4.78, 5) is 12.3. The van der Waals surface area contributed by atoms with E-state index < -0.39 is 0 Å². The lowest BCUT2D eigenvalue weighted by Gasteiger charge is -2.22. The van der Waals surface area contributed by atoms with Gasteiger partial charge < -0.3 is 10.1 Å². The Morgan fingerprint density at radius 1 is 1.53 bits per heavy atom. The Labute approximate surface area is 95.0 Å². The maximum Gasteiger partial charge on any atom is 0.344 e. The van der Waals surface area contributed by atoms with E-state index in [4.69, 9.17) is 4.74 Å². The van der Waals surface area contributed by atoms with Gasteiger partial charge in [-0.05, 0) is 38.3 Å². The number of carbonyl (C=O) groups excluding carboxylic acids is 1. The molecule has 0 radical (unpaired) electrons. The molecule has 0 bridgehead atoms. The zero-order valence-electron chi connectivity index (χ0n) is 8.99. The standard InChI is InChI=1S/C11H17NO2S/c1-3-10(15-4-2)11(13)14-9-5-7-12-8-6-9/h3-4,9,12H,2,5-8H2,1H3/b10-3-. The average Bonchev–Trinajstić information content (AvgIpc) is 2.27. The maximum absolute atomic E-state index is 11.7. The molecule has 0 saturated carbocycles. The van der Waals surface area contributed by atoms with E-state index in [0.717, 1.165) is 25.9 Å². The second-order valence-electron chi connectivity index (χ2n) is 3.29. The van der Waals surface area contributed by atoms with Crippen molar-refractivity contribution in [2.24, 2.45) is 0 Å². The molecule has 0 aromatic rings. The van der Waals surface area contributed by atoms with Crippen LogP contribution in [0.15, 0.2) is 23.0 Å². The molecule has 15 heavy (non-hydrogen) atoms. The molecule has 4 heteroatoms. The Morgan fingerprint density at radius 3 is 2.73 bits per heavy atom. The van der Waals surface area contributed by atoms with Gasteiger partial charge in [-0.1, -0.05) is 24.4 Å². The summed E-state index contributed by atoms with van der Waals surface area (Å²) in [7, 11) is 0. The van der Waals surface area contributed by atoms with Crippen LogP contribution in [0.5, 0.6) is 0 Å². The van der Waals surface area contributed by atoms with Crippen LogP contribution in [0.1, 0.15) is 19.8 Å². The Morgan fingerprint density at radius 2 is 2.20 bits per heavy atom. The van der Waals surface area contributed by atoms with Crippen LogP contribution >= 0.6 is 11.8 Å². The van der Waals surface area contributed by atoms with E-state index in [1.165, 1.54) is 11.8 Å². The lowest BCUT2D eigenvalue weighted by Crippen LogP contribution is -2.33. The number of hydrogen-bond acceptors (Lipinski definition) is 4. The van der Waals surface area contributed by atoms with E-state index >= 15 is 0 Å². The highest BCUT2D eigenvalue weighted by Crippen LogP contribution is 2.19. The molecule has 1 rings (SSSR count). The SMILES string of the molecule is C=CS/C(=C\C)C(=O)OC1CCNCC1. The van der Waals surface area contributed by atoms with Crippen molar-refractivity contribution < 1.29 is 9.53 Å². The van der Waals surface area contributed by atoms with Crippen LogP contribution in [0.4, 0.5) is 0 Å². The molecule has 1 aliphatic rings. The van der Waals surface area contributed by atoms with Gasteiger partial charge in [0.05, 0.1) is 4.91 Å². The number of nitrogens with one attached hydrogen (secondary N) is 1. The number of ether oxygens (including phenoxy) is 1. The van der Waals surface area contributed by atoms with Crippen LogP contribution in [0, 0.1) is 0 Å². The summed E-state index contributed by atoms with van der Waals surface area (Å²) in [5.41, 5.74) is 0. The minimum absolute atomic E-state index is 0.0686. The van der Waals surface area contributed by atoms with E-state index in [2.05, 4.69) is 11.9 Å². The number of hydrogen-bond donors (Lipinski definition) is 1. The lowest BCUT2D eigenvalue weighted by molar-refractivity contribution is -0.144. The molecule has 0 spiro atoms. The van der Waals surface area contributed by atoms with Gasteiger partial charge in [0.15, 0.2) is 0 Å². The molecule has 1 aliphatic heterocycles. The van der Waals surface area contributed by atoms with Crippen molar-refractivity contribution in [3.63, 3.8) is 0 Å². The Balaban J connectivity index is 2.42. The fourth-order valence-corrected chi connectivity index (χ4v) is 1.91. The van der Waals surface area contributed by atoms with Crippen LogP contribution < -0.4 is 5.32 Å². The summed E-state index contributed by atoms with van der Waals surface area (Å²) in [6.45, 7) is 7.27. The molecule has 0 atom stereocenters. The smallest absolute Gasteiger partial charge is 0.344 e. The van der Waals surface area contributed by atoms with Gasteiger partial charge >= 0.3 is 5.97 Å². The van der Waals surface area contributed by atoms with Crippen molar-refractivity contribution in [3.8, 4) is 0 Å². The number of allylic oxidation sites excluding steroid dienone is 1. The molecule has 1 fully saturated rings. The number of piperidine rings is 1. The van der Waals surface area contributed by atoms with E-state index in [1.54, 1.807) is 11.5 Å². The zero-order chi connectivity index (χ0) is 11.1. The lowest BCUT2D eigenvalue weighted by atomic mass is 10.1. The first-order chi connectivity index (χ1) is 7.27. The summed E-state index contributed by atoms with van der Waals surface area (Å²) in [5.74, 6) is -0.227. The van der Waals surface area contributed by atoms with Crippen LogP contribution in [-0.2, 0) is 9.53 Å². The van der Waals surface area contributed by atoms with Crippen LogP contribution in [-0.4, -0.2) is 25.2 Å². The average molecular weight is 227 g/mol. The number of thioether (sulfide) groups is 1. The van der Waals surface area contributed by atoms with Crippen molar-refractivity contribution in [3.05, 3.63) is 23.0 Å². The molecule has 1 saturated heterocycles. The topological polar surface area (TPSA) is 38.3 Å². The summed E-state index contributed by atoms with van der Waals surface area (Å²) in [6, 6.07) is 0. The molecule has 0 aromatic heterocycles. The largest absolute Gasteiger partial charge is 0.458 e. The minimum Gasteiger partial charge on any atom is -0.458 e. The van der Waals surface area contributed by atoms with Crippen LogP contribution in [0.2, 0.25) is 0 Å². The van der Waals surface area contributed by atoms with Crippen molar-refractivity contribution in [1.82, 2.24) is 5.32 Å². The van der Waals surface area contributed by atoms with Crippen molar-refractivity contribution >= 4 is 17.7 Å². The van der Waals surface area contributed by atoms with Gasteiger partial charge in [0.2, 0.25) is 0 Å². The molecule has 0 unspecified atom stereocenters. The summed E-state index contributed by atoms with van der Waals surface area (Å²) in [6.07, 6.45) is 3.64.